The first-order valence-corrected chi connectivity index (χ1v) is 10.0. The maximum absolute atomic E-state index is 12.9. The highest BCUT2D eigenvalue weighted by molar-refractivity contribution is 6.12. The van der Waals surface area contributed by atoms with Gasteiger partial charge in [-0.15, -0.1) is 0 Å². The molecule has 0 aliphatic carbocycles. The standard InChI is InChI=1S/C23H26O7/c1-6-8-15(25)19-20(27)13-9-10-23(4,5)30-21(13)18-14(11-17(26)29-22(18)19)16(7-2)28-12(3)24/h9-11,16,27H,6-8H2,1-5H3/t16-/m1/s1. The third-order valence-corrected chi connectivity index (χ3v) is 4.98. The average molecular weight is 414 g/mol. The number of benzene rings is 1. The Bertz CT molecular complexity index is 1100. The summed E-state index contributed by atoms with van der Waals surface area (Å²) in [6.45, 7) is 8.63. The maximum Gasteiger partial charge on any atom is 0.336 e. The number of esters is 1. The third-order valence-electron chi connectivity index (χ3n) is 4.98. The van der Waals surface area contributed by atoms with Crippen LogP contribution in [-0.4, -0.2) is 22.5 Å². The highest BCUT2D eigenvalue weighted by Gasteiger charge is 2.33. The lowest BCUT2D eigenvalue weighted by molar-refractivity contribution is -0.146. The Morgan fingerprint density at radius 2 is 1.97 bits per heavy atom. The summed E-state index contributed by atoms with van der Waals surface area (Å²) in [5, 5.41) is 11.3. The van der Waals surface area contributed by atoms with Crippen LogP contribution in [0.1, 0.15) is 81.5 Å². The summed E-state index contributed by atoms with van der Waals surface area (Å²) in [6.07, 6.45) is 3.85. The van der Waals surface area contributed by atoms with Gasteiger partial charge >= 0.3 is 11.6 Å². The normalized spacial score (nSPS) is 15.4. The molecule has 0 unspecified atom stereocenters. The van der Waals surface area contributed by atoms with Gasteiger partial charge in [-0.25, -0.2) is 4.79 Å². The Morgan fingerprint density at radius 1 is 1.27 bits per heavy atom. The summed E-state index contributed by atoms with van der Waals surface area (Å²) in [5.41, 5.74) is -0.809. The quantitative estimate of drug-likeness (QED) is 0.416. The van der Waals surface area contributed by atoms with Gasteiger partial charge in [-0.05, 0) is 38.8 Å². The lowest BCUT2D eigenvalue weighted by Crippen LogP contribution is -2.28. The van der Waals surface area contributed by atoms with Crippen LogP contribution in [0.2, 0.25) is 0 Å². The van der Waals surface area contributed by atoms with Crippen LogP contribution in [-0.2, 0) is 9.53 Å². The topological polar surface area (TPSA) is 103 Å². The molecule has 7 nitrogen and oxygen atoms in total. The lowest BCUT2D eigenvalue weighted by atomic mass is 9.91. The van der Waals surface area contributed by atoms with E-state index in [1.165, 1.54) is 13.0 Å². The molecule has 1 aliphatic rings. The summed E-state index contributed by atoms with van der Waals surface area (Å²) >= 11 is 0. The second kappa shape index (κ2) is 7.97. The fourth-order valence-electron chi connectivity index (χ4n) is 3.68. The fourth-order valence-corrected chi connectivity index (χ4v) is 3.68. The van der Waals surface area contributed by atoms with Crippen molar-refractivity contribution in [1.29, 1.82) is 0 Å². The van der Waals surface area contributed by atoms with E-state index < -0.39 is 23.3 Å². The van der Waals surface area contributed by atoms with Crippen LogP contribution < -0.4 is 10.4 Å². The highest BCUT2D eigenvalue weighted by Crippen LogP contribution is 2.47. The van der Waals surface area contributed by atoms with E-state index in [1.54, 1.807) is 12.2 Å². The number of hydrogen-bond acceptors (Lipinski definition) is 7. The number of phenols is 1. The molecule has 1 N–H and O–H groups in total. The fraction of sp³-hybridized carbons (Fsp3) is 0.435. The van der Waals surface area contributed by atoms with Gasteiger partial charge in [-0.1, -0.05) is 13.8 Å². The van der Waals surface area contributed by atoms with E-state index in [2.05, 4.69) is 0 Å². The van der Waals surface area contributed by atoms with E-state index in [0.717, 1.165) is 0 Å². The van der Waals surface area contributed by atoms with Gasteiger partial charge < -0.3 is 19.0 Å². The minimum atomic E-state index is -0.741. The molecule has 1 atom stereocenters. The first-order chi connectivity index (χ1) is 14.1. The molecule has 0 amide bonds. The van der Waals surface area contributed by atoms with Crippen LogP contribution >= 0.6 is 0 Å². The molecule has 0 fully saturated rings. The van der Waals surface area contributed by atoms with Crippen LogP contribution in [0.15, 0.2) is 21.4 Å². The van der Waals surface area contributed by atoms with E-state index in [0.29, 0.717) is 29.4 Å². The average Bonchev–Trinajstić information content (AvgIpc) is 2.64. The molecule has 7 heteroatoms. The van der Waals surface area contributed by atoms with E-state index in [-0.39, 0.29) is 34.8 Å². The number of hydrogen-bond donors (Lipinski definition) is 1. The molecule has 0 bridgehead atoms. The van der Waals surface area contributed by atoms with Crippen molar-refractivity contribution >= 4 is 28.8 Å². The van der Waals surface area contributed by atoms with Crippen molar-refractivity contribution in [3.63, 3.8) is 0 Å². The second-order valence-corrected chi connectivity index (χ2v) is 7.91. The number of phenolic OH excluding ortho intramolecular Hbond substituents is 1. The third kappa shape index (κ3) is 3.84. The number of ketones is 1. The van der Waals surface area contributed by atoms with Crippen molar-refractivity contribution in [3.8, 4) is 11.5 Å². The minimum absolute atomic E-state index is 0.0519. The van der Waals surface area contributed by atoms with Crippen molar-refractivity contribution in [2.75, 3.05) is 0 Å². The number of aromatic hydroxyl groups is 1. The molecule has 2 aromatic rings. The van der Waals surface area contributed by atoms with Gasteiger partial charge in [0.25, 0.3) is 0 Å². The molecule has 2 heterocycles. The molecule has 1 aromatic carbocycles. The molecule has 30 heavy (non-hydrogen) atoms. The van der Waals surface area contributed by atoms with E-state index in [1.807, 2.05) is 27.7 Å². The lowest BCUT2D eigenvalue weighted by Gasteiger charge is -2.30. The SMILES string of the molecule is CCCC(=O)c1c(O)c2c(c3c([C@@H](CC)OC(C)=O)cc(=O)oc13)OC(C)(C)C=C2. The Hall–Kier alpha value is -3.09. The molecule has 1 aromatic heterocycles. The van der Waals surface area contributed by atoms with Gasteiger partial charge in [-0.3, -0.25) is 9.59 Å². The maximum atomic E-state index is 12.9. The molecule has 3 rings (SSSR count). The molecule has 160 valence electrons. The summed E-state index contributed by atoms with van der Waals surface area (Å²) in [6, 6.07) is 1.25. The molecular weight excluding hydrogens is 388 g/mol. The molecule has 0 radical (unpaired) electrons. The smallest absolute Gasteiger partial charge is 0.336 e. The van der Waals surface area contributed by atoms with Gasteiger partial charge in [0, 0.05) is 25.0 Å². The molecule has 0 spiro atoms. The summed E-state index contributed by atoms with van der Waals surface area (Å²) in [7, 11) is 0. The van der Waals surface area contributed by atoms with Gasteiger partial charge in [0.05, 0.1) is 10.9 Å². The van der Waals surface area contributed by atoms with E-state index >= 15 is 0 Å². The summed E-state index contributed by atoms with van der Waals surface area (Å²) in [4.78, 5) is 36.9. The van der Waals surface area contributed by atoms with Crippen LogP contribution in [0.25, 0.3) is 17.0 Å². The molecule has 0 saturated heterocycles. The Morgan fingerprint density at radius 3 is 2.57 bits per heavy atom. The van der Waals surface area contributed by atoms with Crippen LogP contribution in [0, 0.1) is 0 Å². The molecule has 0 saturated carbocycles. The number of fused-ring (bicyclic) bond motifs is 3. The van der Waals surface area contributed by atoms with Gasteiger partial charge in [0.1, 0.15) is 28.8 Å². The number of rotatable bonds is 6. The first kappa shape index (κ1) is 21.6. The predicted molar refractivity (Wildman–Crippen MR) is 112 cm³/mol. The number of Topliss-reactive ketones (excluding diaryl/α,β-unsaturated/α-hetero) is 1. The van der Waals surface area contributed by atoms with Crippen molar-refractivity contribution in [2.24, 2.45) is 0 Å². The van der Waals surface area contributed by atoms with E-state index in [4.69, 9.17) is 13.9 Å². The number of carbonyl (C=O) groups is 2. The van der Waals surface area contributed by atoms with E-state index in [9.17, 15) is 19.5 Å². The number of ether oxygens (including phenoxy) is 2. The zero-order valence-electron chi connectivity index (χ0n) is 17.8. The minimum Gasteiger partial charge on any atom is -0.506 e. The van der Waals surface area contributed by atoms with Crippen molar-refractivity contribution < 1.29 is 28.6 Å². The Balaban J connectivity index is 2.49. The van der Waals surface area contributed by atoms with Gasteiger partial charge in [0.2, 0.25) is 0 Å². The number of carbonyl (C=O) groups excluding carboxylic acids is 2. The summed E-state index contributed by atoms with van der Waals surface area (Å²) < 4.78 is 17.0. The zero-order valence-corrected chi connectivity index (χ0v) is 17.8. The zero-order chi connectivity index (χ0) is 22.2. The van der Waals surface area contributed by atoms with Crippen LogP contribution in [0.5, 0.6) is 11.5 Å². The Kier molecular flexibility index (Phi) is 5.74. The van der Waals surface area contributed by atoms with Gasteiger partial charge in [0.15, 0.2) is 11.4 Å². The first-order valence-electron chi connectivity index (χ1n) is 10.0. The van der Waals surface area contributed by atoms with Crippen molar-refractivity contribution in [3.05, 3.63) is 39.3 Å². The predicted octanol–water partition coefficient (Wildman–Crippen LogP) is 4.68. The second-order valence-electron chi connectivity index (χ2n) is 7.91. The largest absolute Gasteiger partial charge is 0.506 e. The van der Waals surface area contributed by atoms with Crippen molar-refractivity contribution in [1.82, 2.24) is 0 Å². The molecule has 1 aliphatic heterocycles. The van der Waals surface area contributed by atoms with Crippen LogP contribution in [0.3, 0.4) is 0 Å². The van der Waals surface area contributed by atoms with Gasteiger partial charge in [-0.2, -0.15) is 0 Å². The Labute approximate surface area is 174 Å². The highest BCUT2D eigenvalue weighted by atomic mass is 16.5. The monoisotopic (exact) mass is 414 g/mol. The molecular formula is C23H26O7. The van der Waals surface area contributed by atoms with Crippen LogP contribution in [0.4, 0.5) is 0 Å². The summed E-state index contributed by atoms with van der Waals surface area (Å²) in [5.74, 6) is -0.850. The van der Waals surface area contributed by atoms with Crippen molar-refractivity contribution in [2.45, 2.75) is 65.6 Å².